The Balaban J connectivity index is 1.96. The fourth-order valence-corrected chi connectivity index (χ4v) is 4.47. The van der Waals surface area contributed by atoms with Gasteiger partial charge in [0.1, 0.15) is 0 Å². The van der Waals surface area contributed by atoms with E-state index in [9.17, 15) is 13.2 Å². The van der Waals surface area contributed by atoms with Crippen LogP contribution >= 0.6 is 15.9 Å². The maximum Gasteiger partial charge on any atom is 0.416 e. The van der Waals surface area contributed by atoms with Crippen LogP contribution in [0.15, 0.2) is 22.7 Å². The van der Waals surface area contributed by atoms with Crippen LogP contribution in [0.4, 0.5) is 13.2 Å². The highest BCUT2D eigenvalue weighted by atomic mass is 79.9. The Morgan fingerprint density at radius 3 is 2.35 bits per heavy atom. The predicted molar refractivity (Wildman–Crippen MR) is 88.3 cm³/mol. The fraction of sp³-hybridized carbons (Fsp3) is 0.647. The minimum atomic E-state index is -4.30. The van der Waals surface area contributed by atoms with Gasteiger partial charge in [-0.15, -0.1) is 0 Å². The number of hydrogen-bond donors (Lipinski definition) is 1. The van der Waals surface area contributed by atoms with Gasteiger partial charge in [0.15, 0.2) is 0 Å². The van der Waals surface area contributed by atoms with Crippen LogP contribution in [-0.2, 0) is 6.18 Å². The van der Waals surface area contributed by atoms with Gasteiger partial charge < -0.3 is 5.32 Å². The van der Waals surface area contributed by atoms with Crippen molar-refractivity contribution in [1.29, 1.82) is 0 Å². The highest BCUT2D eigenvalue weighted by molar-refractivity contribution is 9.10. The summed E-state index contributed by atoms with van der Waals surface area (Å²) in [6.45, 7) is 3.61. The molecule has 0 spiro atoms. The van der Waals surface area contributed by atoms with E-state index in [2.05, 4.69) is 26.1 Å². The van der Waals surface area contributed by atoms with Gasteiger partial charge in [0, 0.05) is 36.7 Å². The van der Waals surface area contributed by atoms with E-state index in [0.717, 1.165) is 44.6 Å². The van der Waals surface area contributed by atoms with Crippen LogP contribution in [0.5, 0.6) is 0 Å². The van der Waals surface area contributed by atoms with Gasteiger partial charge in [-0.2, -0.15) is 13.2 Å². The zero-order chi connectivity index (χ0) is 16.4. The number of halogens is 4. The van der Waals surface area contributed by atoms with Crippen LogP contribution in [0.2, 0.25) is 0 Å². The van der Waals surface area contributed by atoms with Crippen molar-refractivity contribution in [3.05, 3.63) is 33.8 Å². The molecule has 1 aromatic rings. The normalized spacial score (nSPS) is 22.4. The lowest BCUT2D eigenvalue weighted by Crippen LogP contribution is -2.46. The third-order valence-corrected chi connectivity index (χ3v) is 5.44. The lowest BCUT2D eigenvalue weighted by molar-refractivity contribution is -0.137. The van der Waals surface area contributed by atoms with Crippen molar-refractivity contribution in [1.82, 2.24) is 10.2 Å². The van der Waals surface area contributed by atoms with Crippen LogP contribution in [-0.4, -0.2) is 31.1 Å². The van der Waals surface area contributed by atoms with E-state index in [1.165, 1.54) is 25.0 Å². The highest BCUT2D eigenvalue weighted by Crippen LogP contribution is 2.42. The summed E-state index contributed by atoms with van der Waals surface area (Å²) in [6.07, 6.45) is 0.300. The Morgan fingerprint density at radius 1 is 1.09 bits per heavy atom. The number of benzene rings is 1. The average Bonchev–Trinajstić information content (AvgIpc) is 3.01. The van der Waals surface area contributed by atoms with Crippen molar-refractivity contribution < 1.29 is 13.2 Å². The van der Waals surface area contributed by atoms with Crippen molar-refractivity contribution in [2.75, 3.05) is 26.2 Å². The van der Waals surface area contributed by atoms with Gasteiger partial charge >= 0.3 is 6.18 Å². The molecule has 0 bridgehead atoms. The van der Waals surface area contributed by atoms with Gasteiger partial charge in [-0.3, -0.25) is 4.90 Å². The second kappa shape index (κ2) is 7.11. The van der Waals surface area contributed by atoms with Crippen LogP contribution in [0, 0.1) is 5.92 Å². The quantitative estimate of drug-likeness (QED) is 0.810. The molecule has 1 aliphatic heterocycles. The number of rotatable bonds is 3. The standard InChI is InChI=1S/C17H22BrF3N2/c18-15-10-13(9-14(11-15)17(19,20)21)16(12-3-1-2-4-12)23-7-5-22-6-8-23/h9-12,16,22H,1-8H2/t16-/m0/s1. The topological polar surface area (TPSA) is 15.3 Å². The highest BCUT2D eigenvalue weighted by Gasteiger charge is 2.35. The van der Waals surface area contributed by atoms with Gasteiger partial charge in [0.25, 0.3) is 0 Å². The summed E-state index contributed by atoms with van der Waals surface area (Å²) in [6, 6.07) is 4.50. The molecule has 1 saturated carbocycles. The lowest BCUT2D eigenvalue weighted by Gasteiger charge is -2.39. The van der Waals surface area contributed by atoms with Gasteiger partial charge in [-0.25, -0.2) is 0 Å². The molecule has 1 aliphatic carbocycles. The molecule has 1 aromatic carbocycles. The molecule has 0 amide bonds. The molecule has 1 N–H and O–H groups in total. The molecule has 23 heavy (non-hydrogen) atoms. The Hall–Kier alpha value is -0.590. The number of nitrogens with one attached hydrogen (secondary N) is 1. The number of hydrogen-bond acceptors (Lipinski definition) is 2. The van der Waals surface area contributed by atoms with Crippen LogP contribution in [0.1, 0.15) is 42.9 Å². The zero-order valence-corrected chi connectivity index (χ0v) is 14.6. The predicted octanol–water partition coefficient (Wildman–Crippen LogP) is 4.60. The number of nitrogens with zero attached hydrogens (tertiary/aromatic N) is 1. The van der Waals surface area contributed by atoms with Crippen LogP contribution < -0.4 is 5.32 Å². The molecule has 2 aliphatic rings. The maximum absolute atomic E-state index is 13.2. The minimum absolute atomic E-state index is 0.0956. The largest absolute Gasteiger partial charge is 0.416 e. The smallest absolute Gasteiger partial charge is 0.314 e. The number of alkyl halides is 3. The molecule has 128 valence electrons. The zero-order valence-electron chi connectivity index (χ0n) is 13.0. The van der Waals surface area contributed by atoms with E-state index >= 15 is 0 Å². The van der Waals surface area contributed by atoms with Crippen molar-refractivity contribution in [2.45, 2.75) is 37.9 Å². The molecule has 6 heteroatoms. The van der Waals surface area contributed by atoms with Crippen LogP contribution in [0.25, 0.3) is 0 Å². The fourth-order valence-electron chi connectivity index (χ4n) is 3.96. The Bertz CT molecular complexity index is 535. The Kier molecular flexibility index (Phi) is 5.33. The van der Waals surface area contributed by atoms with Crippen molar-refractivity contribution >= 4 is 15.9 Å². The second-order valence-corrected chi connectivity index (χ2v) is 7.46. The second-order valence-electron chi connectivity index (χ2n) is 6.55. The summed E-state index contributed by atoms with van der Waals surface area (Å²) < 4.78 is 40.1. The van der Waals surface area contributed by atoms with Gasteiger partial charge in [-0.05, 0) is 42.5 Å². The monoisotopic (exact) mass is 390 g/mol. The molecule has 0 unspecified atom stereocenters. The molecule has 1 saturated heterocycles. The number of piperazine rings is 1. The molecule has 2 fully saturated rings. The van der Waals surface area contributed by atoms with E-state index < -0.39 is 11.7 Å². The van der Waals surface area contributed by atoms with E-state index in [0.29, 0.717) is 10.4 Å². The van der Waals surface area contributed by atoms with Gasteiger partial charge in [0.05, 0.1) is 5.56 Å². The third-order valence-electron chi connectivity index (χ3n) is 4.98. The summed E-state index contributed by atoms with van der Waals surface area (Å²) in [7, 11) is 0. The molecule has 1 atom stereocenters. The first-order valence-electron chi connectivity index (χ1n) is 8.27. The molecule has 0 radical (unpaired) electrons. The SMILES string of the molecule is FC(F)(F)c1cc(Br)cc([C@H](C2CCCC2)N2CCNCC2)c1. The first kappa shape index (κ1) is 17.2. The van der Waals surface area contributed by atoms with E-state index in [1.54, 1.807) is 0 Å². The first-order chi connectivity index (χ1) is 10.9. The van der Waals surface area contributed by atoms with E-state index in [-0.39, 0.29) is 6.04 Å². The van der Waals surface area contributed by atoms with Crippen molar-refractivity contribution in [3.63, 3.8) is 0 Å². The average molecular weight is 391 g/mol. The molecule has 1 heterocycles. The molecular weight excluding hydrogens is 369 g/mol. The maximum atomic E-state index is 13.2. The minimum Gasteiger partial charge on any atom is -0.314 e. The molecule has 0 aromatic heterocycles. The summed E-state index contributed by atoms with van der Waals surface area (Å²) in [5, 5.41) is 3.33. The first-order valence-corrected chi connectivity index (χ1v) is 9.07. The van der Waals surface area contributed by atoms with Gasteiger partial charge in [-0.1, -0.05) is 28.8 Å². The molecular formula is C17H22BrF3N2. The van der Waals surface area contributed by atoms with E-state index in [1.807, 2.05) is 6.07 Å². The Labute approximate surface area is 143 Å². The summed E-state index contributed by atoms with van der Waals surface area (Å²) in [5.74, 6) is 0.462. The Morgan fingerprint density at radius 2 is 1.74 bits per heavy atom. The third kappa shape index (κ3) is 4.09. The summed E-state index contributed by atoms with van der Waals surface area (Å²) in [5.41, 5.74) is 0.250. The van der Waals surface area contributed by atoms with Gasteiger partial charge in [0.2, 0.25) is 0 Å². The summed E-state index contributed by atoms with van der Waals surface area (Å²) >= 11 is 3.28. The molecule has 2 nitrogen and oxygen atoms in total. The summed E-state index contributed by atoms with van der Waals surface area (Å²) in [4.78, 5) is 2.37. The van der Waals surface area contributed by atoms with Crippen molar-refractivity contribution in [2.24, 2.45) is 5.92 Å². The molecule has 3 rings (SSSR count). The van der Waals surface area contributed by atoms with Crippen LogP contribution in [0.3, 0.4) is 0 Å². The van der Waals surface area contributed by atoms with E-state index in [4.69, 9.17) is 0 Å². The lowest BCUT2D eigenvalue weighted by atomic mass is 9.89. The van der Waals surface area contributed by atoms with Crippen molar-refractivity contribution in [3.8, 4) is 0 Å².